The van der Waals surface area contributed by atoms with Crippen molar-refractivity contribution in [1.29, 1.82) is 0 Å². The first kappa shape index (κ1) is 19.5. The van der Waals surface area contributed by atoms with E-state index in [1.165, 1.54) is 5.56 Å². The highest BCUT2D eigenvalue weighted by Crippen LogP contribution is 2.33. The Bertz CT molecular complexity index is 1060. The van der Waals surface area contributed by atoms with Crippen LogP contribution >= 0.6 is 11.3 Å². The van der Waals surface area contributed by atoms with Gasteiger partial charge in [0.2, 0.25) is 0 Å². The quantitative estimate of drug-likeness (QED) is 0.634. The molecule has 30 heavy (non-hydrogen) atoms. The molecule has 2 fully saturated rings. The minimum Gasteiger partial charge on any atom is -0.347 e. The largest absolute Gasteiger partial charge is 0.347 e. The van der Waals surface area contributed by atoms with E-state index in [9.17, 15) is 4.79 Å². The third-order valence-corrected chi connectivity index (χ3v) is 6.80. The maximum atomic E-state index is 13.5. The topological polar surface area (TPSA) is 56.6 Å². The minimum absolute atomic E-state index is 0.00173. The molecular formula is C23H25N3O3S. The summed E-state index contributed by atoms with van der Waals surface area (Å²) in [6.07, 6.45) is 1.41. The Labute approximate surface area is 180 Å². The van der Waals surface area contributed by atoms with Crippen LogP contribution in [0.1, 0.15) is 34.5 Å². The standard InChI is InChI=1S/C23H25N3O3S/c1-16-5-6-19(17(2)14-16)26-20(15-18(24-26)21-4-3-13-30-21)22(27)25-9-7-23(8-10-25)28-11-12-29-23/h3-6,13-15H,7-12H2,1-2H3. The molecule has 0 bridgehead atoms. The van der Waals surface area contributed by atoms with Crippen LogP contribution in [0.5, 0.6) is 0 Å². The second kappa shape index (κ2) is 7.65. The summed E-state index contributed by atoms with van der Waals surface area (Å²) >= 11 is 1.63. The van der Waals surface area contributed by atoms with Gasteiger partial charge in [-0.25, -0.2) is 4.68 Å². The summed E-state index contributed by atoms with van der Waals surface area (Å²) in [4.78, 5) is 16.5. The number of piperidine rings is 1. The van der Waals surface area contributed by atoms with E-state index in [1.807, 2.05) is 34.5 Å². The number of carbonyl (C=O) groups is 1. The van der Waals surface area contributed by atoms with Crippen molar-refractivity contribution in [3.05, 3.63) is 58.6 Å². The van der Waals surface area contributed by atoms with Crippen LogP contribution in [-0.2, 0) is 9.47 Å². The fourth-order valence-corrected chi connectivity index (χ4v) is 4.98. The summed E-state index contributed by atoms with van der Waals surface area (Å²) in [6.45, 7) is 6.63. The Hall–Kier alpha value is -2.48. The van der Waals surface area contributed by atoms with Crippen LogP contribution < -0.4 is 0 Å². The predicted molar refractivity (Wildman–Crippen MR) is 116 cm³/mol. The molecule has 1 aromatic carbocycles. The molecule has 156 valence electrons. The van der Waals surface area contributed by atoms with E-state index in [1.54, 1.807) is 16.0 Å². The van der Waals surface area contributed by atoms with Crippen molar-refractivity contribution in [3.8, 4) is 16.3 Å². The summed E-state index contributed by atoms with van der Waals surface area (Å²) in [6, 6.07) is 12.2. The Morgan fingerprint density at radius 1 is 1.10 bits per heavy atom. The number of aryl methyl sites for hydroxylation is 2. The van der Waals surface area contributed by atoms with Gasteiger partial charge in [0.15, 0.2) is 5.79 Å². The fourth-order valence-electron chi connectivity index (χ4n) is 4.30. The highest BCUT2D eigenvalue weighted by Gasteiger charge is 2.41. The van der Waals surface area contributed by atoms with Gasteiger partial charge >= 0.3 is 0 Å². The third kappa shape index (κ3) is 3.47. The zero-order chi connectivity index (χ0) is 20.7. The second-order valence-corrected chi connectivity index (χ2v) is 8.94. The molecule has 0 saturated carbocycles. The van der Waals surface area contributed by atoms with Crippen LogP contribution in [0.25, 0.3) is 16.3 Å². The monoisotopic (exact) mass is 423 g/mol. The van der Waals surface area contributed by atoms with Gasteiger partial charge in [0.05, 0.1) is 23.8 Å². The minimum atomic E-state index is -0.493. The van der Waals surface area contributed by atoms with Gasteiger partial charge in [-0.15, -0.1) is 11.3 Å². The number of hydrogen-bond donors (Lipinski definition) is 0. The third-order valence-electron chi connectivity index (χ3n) is 5.91. The van der Waals surface area contributed by atoms with Gasteiger partial charge in [-0.05, 0) is 43.0 Å². The lowest BCUT2D eigenvalue weighted by molar-refractivity contribution is -0.181. The normalized spacial score (nSPS) is 18.3. The van der Waals surface area contributed by atoms with Crippen LogP contribution in [0.3, 0.4) is 0 Å². The van der Waals surface area contributed by atoms with E-state index in [0.717, 1.165) is 21.8 Å². The molecule has 0 N–H and O–H groups in total. The number of benzene rings is 1. The summed E-state index contributed by atoms with van der Waals surface area (Å²) in [5.74, 6) is -0.495. The molecule has 2 aromatic heterocycles. The maximum absolute atomic E-state index is 13.5. The van der Waals surface area contributed by atoms with Gasteiger partial charge in [-0.2, -0.15) is 5.10 Å². The summed E-state index contributed by atoms with van der Waals surface area (Å²) in [5.41, 5.74) is 4.63. The first-order valence-corrected chi connectivity index (χ1v) is 11.2. The molecule has 2 saturated heterocycles. The lowest BCUT2D eigenvalue weighted by atomic mass is 10.0. The Morgan fingerprint density at radius 3 is 2.53 bits per heavy atom. The van der Waals surface area contributed by atoms with Gasteiger partial charge in [-0.3, -0.25) is 4.79 Å². The molecule has 1 amide bonds. The fraction of sp³-hybridized carbons (Fsp3) is 0.391. The number of carbonyl (C=O) groups excluding carboxylic acids is 1. The average molecular weight is 424 g/mol. The van der Waals surface area contributed by atoms with E-state index in [-0.39, 0.29) is 5.91 Å². The molecule has 1 spiro atoms. The Kier molecular flexibility index (Phi) is 4.97. The number of amides is 1. The number of ether oxygens (including phenoxy) is 2. The molecule has 2 aliphatic rings. The molecule has 0 atom stereocenters. The van der Waals surface area contributed by atoms with Crippen molar-refractivity contribution in [2.24, 2.45) is 0 Å². The Balaban J connectivity index is 1.49. The average Bonchev–Trinajstić information content (AvgIpc) is 3.49. The summed E-state index contributed by atoms with van der Waals surface area (Å²) in [5, 5.41) is 6.86. The maximum Gasteiger partial charge on any atom is 0.272 e. The van der Waals surface area contributed by atoms with E-state index in [2.05, 4.69) is 26.0 Å². The zero-order valence-corrected chi connectivity index (χ0v) is 18.1. The van der Waals surface area contributed by atoms with Gasteiger partial charge in [0, 0.05) is 25.9 Å². The van der Waals surface area contributed by atoms with Crippen LogP contribution in [-0.4, -0.2) is 52.7 Å². The van der Waals surface area contributed by atoms with Crippen LogP contribution in [0.4, 0.5) is 0 Å². The summed E-state index contributed by atoms with van der Waals surface area (Å²) in [7, 11) is 0. The smallest absolute Gasteiger partial charge is 0.272 e. The lowest BCUT2D eigenvalue weighted by Crippen LogP contribution is -2.47. The van der Waals surface area contributed by atoms with Gasteiger partial charge in [0.25, 0.3) is 5.91 Å². The molecule has 0 aliphatic carbocycles. The van der Waals surface area contributed by atoms with Crippen molar-refractivity contribution in [1.82, 2.24) is 14.7 Å². The highest BCUT2D eigenvalue weighted by molar-refractivity contribution is 7.13. The molecular weight excluding hydrogens is 398 g/mol. The zero-order valence-electron chi connectivity index (χ0n) is 17.3. The first-order chi connectivity index (χ1) is 14.5. The van der Waals surface area contributed by atoms with Crippen molar-refractivity contribution in [2.75, 3.05) is 26.3 Å². The van der Waals surface area contributed by atoms with Crippen molar-refractivity contribution < 1.29 is 14.3 Å². The van der Waals surface area contributed by atoms with E-state index in [0.29, 0.717) is 44.8 Å². The van der Waals surface area contributed by atoms with E-state index in [4.69, 9.17) is 14.6 Å². The SMILES string of the molecule is Cc1ccc(-n2nc(-c3cccs3)cc2C(=O)N2CCC3(CC2)OCCO3)c(C)c1. The van der Waals surface area contributed by atoms with Gasteiger partial charge in [0.1, 0.15) is 11.4 Å². The molecule has 5 rings (SSSR count). The van der Waals surface area contributed by atoms with Crippen LogP contribution in [0, 0.1) is 13.8 Å². The summed E-state index contributed by atoms with van der Waals surface area (Å²) < 4.78 is 13.4. The first-order valence-electron chi connectivity index (χ1n) is 10.3. The molecule has 4 heterocycles. The van der Waals surface area contributed by atoms with Crippen molar-refractivity contribution in [3.63, 3.8) is 0 Å². The van der Waals surface area contributed by atoms with E-state index < -0.39 is 5.79 Å². The van der Waals surface area contributed by atoms with Crippen LogP contribution in [0.2, 0.25) is 0 Å². The number of likely N-dealkylation sites (tertiary alicyclic amines) is 1. The van der Waals surface area contributed by atoms with E-state index >= 15 is 0 Å². The number of thiophene rings is 1. The molecule has 3 aromatic rings. The second-order valence-electron chi connectivity index (χ2n) is 7.99. The van der Waals surface area contributed by atoms with Gasteiger partial charge in [-0.1, -0.05) is 23.8 Å². The Morgan fingerprint density at radius 2 is 1.87 bits per heavy atom. The molecule has 0 radical (unpaired) electrons. The van der Waals surface area contributed by atoms with Crippen LogP contribution in [0.15, 0.2) is 41.8 Å². The predicted octanol–water partition coefficient (Wildman–Crippen LogP) is 4.20. The number of nitrogens with zero attached hydrogens (tertiary/aromatic N) is 3. The number of rotatable bonds is 3. The molecule has 7 heteroatoms. The molecule has 2 aliphatic heterocycles. The van der Waals surface area contributed by atoms with Crippen molar-refractivity contribution >= 4 is 17.2 Å². The highest BCUT2D eigenvalue weighted by atomic mass is 32.1. The number of hydrogen-bond acceptors (Lipinski definition) is 5. The molecule has 0 unspecified atom stereocenters. The molecule has 6 nitrogen and oxygen atoms in total. The lowest BCUT2D eigenvalue weighted by Gasteiger charge is -2.37. The van der Waals surface area contributed by atoms with Crippen molar-refractivity contribution in [2.45, 2.75) is 32.5 Å². The number of aromatic nitrogens is 2. The van der Waals surface area contributed by atoms with Gasteiger partial charge < -0.3 is 14.4 Å².